The summed E-state index contributed by atoms with van der Waals surface area (Å²) < 4.78 is 0. The summed E-state index contributed by atoms with van der Waals surface area (Å²) in [6.45, 7) is 6.03. The van der Waals surface area contributed by atoms with Crippen molar-refractivity contribution in [3.05, 3.63) is 77.2 Å². The van der Waals surface area contributed by atoms with Crippen molar-refractivity contribution in [2.24, 2.45) is 0 Å². The van der Waals surface area contributed by atoms with Gasteiger partial charge in [-0.2, -0.15) is 0 Å². The second-order valence-corrected chi connectivity index (χ2v) is 6.14. The zero-order valence-electron chi connectivity index (χ0n) is 15.2. The van der Waals surface area contributed by atoms with E-state index in [1.54, 1.807) is 6.20 Å². The Kier molecular flexibility index (Phi) is 5.27. The lowest BCUT2D eigenvalue weighted by atomic mass is 10.1. The summed E-state index contributed by atoms with van der Waals surface area (Å²) in [5.74, 6) is 0.338. The molecule has 2 N–H and O–H groups in total. The first-order chi connectivity index (χ1) is 12.6. The van der Waals surface area contributed by atoms with Crippen molar-refractivity contribution in [3.63, 3.8) is 0 Å². The normalized spacial score (nSPS) is 10.4. The Bertz CT molecular complexity index is 899. The molecule has 0 fully saturated rings. The quantitative estimate of drug-likeness (QED) is 0.705. The number of nitrogens with one attached hydrogen (secondary N) is 2. The SMILES string of the molecule is CCc1ccccc1Nc1cnc(C(=O)Nc2c(C)cccc2C)cn1. The molecule has 1 heterocycles. The lowest BCUT2D eigenvalue weighted by Crippen LogP contribution is -2.15. The summed E-state index contributed by atoms with van der Waals surface area (Å²) in [4.78, 5) is 21.0. The van der Waals surface area contributed by atoms with Crippen LogP contribution in [0.1, 0.15) is 34.1 Å². The summed E-state index contributed by atoms with van der Waals surface area (Å²) in [6.07, 6.45) is 3.98. The predicted octanol–water partition coefficient (Wildman–Crippen LogP) is 4.65. The van der Waals surface area contributed by atoms with Crippen LogP contribution >= 0.6 is 0 Å². The van der Waals surface area contributed by atoms with Crippen molar-refractivity contribution in [1.82, 2.24) is 9.97 Å². The molecule has 0 bridgehead atoms. The van der Waals surface area contributed by atoms with Crippen molar-refractivity contribution in [3.8, 4) is 0 Å². The van der Waals surface area contributed by atoms with Crippen molar-refractivity contribution in [2.45, 2.75) is 27.2 Å². The zero-order chi connectivity index (χ0) is 18.5. The van der Waals surface area contributed by atoms with E-state index in [4.69, 9.17) is 0 Å². The van der Waals surface area contributed by atoms with E-state index in [0.717, 1.165) is 28.9 Å². The maximum atomic E-state index is 12.5. The molecular weight excluding hydrogens is 324 g/mol. The third kappa shape index (κ3) is 3.88. The van der Waals surface area contributed by atoms with E-state index in [1.165, 1.54) is 11.8 Å². The summed E-state index contributed by atoms with van der Waals surface area (Å²) in [6, 6.07) is 14.0. The number of rotatable bonds is 5. The van der Waals surface area contributed by atoms with Crippen LogP contribution in [0.15, 0.2) is 54.9 Å². The molecule has 5 nitrogen and oxygen atoms in total. The summed E-state index contributed by atoms with van der Waals surface area (Å²) in [7, 11) is 0. The highest BCUT2D eigenvalue weighted by molar-refractivity contribution is 6.03. The number of hydrogen-bond donors (Lipinski definition) is 2. The number of aromatic nitrogens is 2. The Balaban J connectivity index is 1.74. The average Bonchev–Trinajstić information content (AvgIpc) is 2.66. The van der Waals surface area contributed by atoms with Gasteiger partial charge in [-0.25, -0.2) is 9.97 Å². The molecule has 0 atom stereocenters. The molecular formula is C21H22N4O. The average molecular weight is 346 g/mol. The van der Waals surface area contributed by atoms with Gasteiger partial charge in [-0.1, -0.05) is 43.3 Å². The van der Waals surface area contributed by atoms with Gasteiger partial charge in [0.1, 0.15) is 11.5 Å². The van der Waals surface area contributed by atoms with E-state index in [0.29, 0.717) is 5.82 Å². The zero-order valence-corrected chi connectivity index (χ0v) is 15.2. The second-order valence-electron chi connectivity index (χ2n) is 6.14. The Morgan fingerprint density at radius 3 is 2.35 bits per heavy atom. The van der Waals surface area contributed by atoms with Crippen molar-refractivity contribution >= 4 is 23.1 Å². The smallest absolute Gasteiger partial charge is 0.275 e. The molecule has 0 aliphatic carbocycles. The highest BCUT2D eigenvalue weighted by Crippen LogP contribution is 2.21. The van der Waals surface area contributed by atoms with E-state index in [1.807, 2.05) is 50.2 Å². The van der Waals surface area contributed by atoms with Gasteiger partial charge in [0.25, 0.3) is 5.91 Å². The summed E-state index contributed by atoms with van der Waals surface area (Å²) >= 11 is 0. The number of amides is 1. The van der Waals surface area contributed by atoms with Gasteiger partial charge in [0.05, 0.1) is 12.4 Å². The number of hydrogen-bond acceptors (Lipinski definition) is 4. The molecule has 0 radical (unpaired) electrons. The maximum absolute atomic E-state index is 12.5. The fraction of sp³-hybridized carbons (Fsp3) is 0.190. The largest absolute Gasteiger partial charge is 0.339 e. The molecule has 26 heavy (non-hydrogen) atoms. The number of para-hydroxylation sites is 2. The van der Waals surface area contributed by atoms with Crippen LogP contribution in [0.2, 0.25) is 0 Å². The minimum absolute atomic E-state index is 0.268. The van der Waals surface area contributed by atoms with Crippen molar-refractivity contribution in [2.75, 3.05) is 10.6 Å². The molecule has 0 saturated carbocycles. The lowest BCUT2D eigenvalue weighted by molar-refractivity contribution is 0.102. The van der Waals surface area contributed by atoms with Crippen LogP contribution in [0.25, 0.3) is 0 Å². The highest BCUT2D eigenvalue weighted by atomic mass is 16.1. The van der Waals surface area contributed by atoms with Crippen LogP contribution in [0.3, 0.4) is 0 Å². The van der Waals surface area contributed by atoms with Crippen LogP contribution in [0, 0.1) is 13.8 Å². The molecule has 0 aliphatic rings. The van der Waals surface area contributed by atoms with Gasteiger partial charge in [-0.15, -0.1) is 0 Å². The predicted molar refractivity (Wildman–Crippen MR) is 105 cm³/mol. The third-order valence-corrected chi connectivity index (χ3v) is 4.27. The molecule has 1 aromatic heterocycles. The Labute approximate surface area is 153 Å². The monoisotopic (exact) mass is 346 g/mol. The van der Waals surface area contributed by atoms with Crippen LogP contribution in [-0.4, -0.2) is 15.9 Å². The second kappa shape index (κ2) is 7.78. The molecule has 2 aromatic carbocycles. The minimum Gasteiger partial charge on any atom is -0.339 e. The number of carbonyl (C=O) groups is 1. The van der Waals surface area contributed by atoms with Crippen LogP contribution in [0.5, 0.6) is 0 Å². The van der Waals surface area contributed by atoms with Gasteiger partial charge in [0.15, 0.2) is 0 Å². The van der Waals surface area contributed by atoms with Crippen molar-refractivity contribution in [1.29, 1.82) is 0 Å². The molecule has 132 valence electrons. The van der Waals surface area contributed by atoms with Gasteiger partial charge in [-0.05, 0) is 43.0 Å². The van der Waals surface area contributed by atoms with E-state index >= 15 is 0 Å². The number of nitrogens with zero attached hydrogens (tertiary/aromatic N) is 2. The van der Waals surface area contributed by atoms with Gasteiger partial charge < -0.3 is 10.6 Å². The molecule has 1 amide bonds. The molecule has 0 spiro atoms. The van der Waals surface area contributed by atoms with Crippen LogP contribution < -0.4 is 10.6 Å². The number of aryl methyl sites for hydroxylation is 3. The lowest BCUT2D eigenvalue weighted by Gasteiger charge is -2.12. The maximum Gasteiger partial charge on any atom is 0.275 e. The van der Waals surface area contributed by atoms with E-state index < -0.39 is 0 Å². The van der Waals surface area contributed by atoms with Crippen LogP contribution in [-0.2, 0) is 6.42 Å². The fourth-order valence-electron chi connectivity index (χ4n) is 2.79. The Morgan fingerprint density at radius 1 is 0.962 bits per heavy atom. The van der Waals surface area contributed by atoms with Gasteiger partial charge in [0, 0.05) is 11.4 Å². The van der Waals surface area contributed by atoms with Gasteiger partial charge in [-0.3, -0.25) is 4.79 Å². The van der Waals surface area contributed by atoms with Gasteiger partial charge >= 0.3 is 0 Å². The first-order valence-corrected chi connectivity index (χ1v) is 8.63. The number of carbonyl (C=O) groups excluding carboxylic acids is 1. The Hall–Kier alpha value is -3.21. The van der Waals surface area contributed by atoms with Gasteiger partial charge in [0.2, 0.25) is 0 Å². The molecule has 3 aromatic rings. The number of anilines is 3. The van der Waals surface area contributed by atoms with E-state index in [9.17, 15) is 4.79 Å². The molecule has 5 heteroatoms. The molecule has 0 saturated heterocycles. The van der Waals surface area contributed by atoms with Crippen molar-refractivity contribution < 1.29 is 4.79 Å². The standard InChI is InChI=1S/C21H22N4O/c1-4-16-10-5-6-11-17(16)24-19-13-22-18(12-23-19)21(26)25-20-14(2)8-7-9-15(20)3/h5-13H,4H2,1-3H3,(H,23,24)(H,25,26). The highest BCUT2D eigenvalue weighted by Gasteiger charge is 2.12. The number of benzene rings is 2. The molecule has 0 unspecified atom stereocenters. The molecule has 0 aliphatic heterocycles. The third-order valence-electron chi connectivity index (χ3n) is 4.27. The first-order valence-electron chi connectivity index (χ1n) is 8.63. The Morgan fingerprint density at radius 2 is 1.69 bits per heavy atom. The molecule has 3 rings (SSSR count). The van der Waals surface area contributed by atoms with E-state index in [2.05, 4.69) is 33.6 Å². The topological polar surface area (TPSA) is 66.9 Å². The summed E-state index contributed by atoms with van der Waals surface area (Å²) in [5, 5.41) is 6.17. The van der Waals surface area contributed by atoms with E-state index in [-0.39, 0.29) is 11.6 Å². The fourth-order valence-corrected chi connectivity index (χ4v) is 2.79. The minimum atomic E-state index is -0.268. The van der Waals surface area contributed by atoms with Crippen LogP contribution in [0.4, 0.5) is 17.2 Å². The first kappa shape index (κ1) is 17.6. The summed E-state index contributed by atoms with van der Waals surface area (Å²) in [5.41, 5.74) is 5.32.